The fourth-order valence-electron chi connectivity index (χ4n) is 4.70. The van der Waals surface area contributed by atoms with Gasteiger partial charge in [-0.05, 0) is 70.3 Å². The van der Waals surface area contributed by atoms with Crippen molar-refractivity contribution in [3.8, 4) is 0 Å². The number of nitrogens with zero attached hydrogens (tertiary/aromatic N) is 3. The number of aliphatic imine (C=N–C) groups is 1. The van der Waals surface area contributed by atoms with Gasteiger partial charge in [0, 0.05) is 38.6 Å². The summed E-state index contributed by atoms with van der Waals surface area (Å²) in [5, 5.41) is 6.98. The third-order valence-electron chi connectivity index (χ3n) is 6.64. The molecule has 0 aliphatic carbocycles. The highest BCUT2D eigenvalue weighted by Gasteiger charge is 2.24. The molecule has 1 aromatic carbocycles. The first kappa shape index (κ1) is 26.9. The highest BCUT2D eigenvalue weighted by atomic mass is 127. The van der Waals surface area contributed by atoms with Crippen LogP contribution in [-0.2, 0) is 11.3 Å². The Morgan fingerprint density at radius 1 is 1.09 bits per heavy atom. The molecule has 2 heterocycles. The van der Waals surface area contributed by atoms with E-state index in [1.54, 1.807) is 0 Å². The fourth-order valence-corrected chi connectivity index (χ4v) is 4.70. The zero-order chi connectivity index (χ0) is 21.9. The second kappa shape index (κ2) is 14.7. The molecular weight excluding hydrogens is 515 g/mol. The van der Waals surface area contributed by atoms with E-state index in [1.165, 1.54) is 24.9 Å². The highest BCUT2D eigenvalue weighted by molar-refractivity contribution is 14.0. The number of piperidine rings is 1. The van der Waals surface area contributed by atoms with Crippen molar-refractivity contribution in [3.05, 3.63) is 35.9 Å². The van der Waals surface area contributed by atoms with Crippen LogP contribution in [0.3, 0.4) is 0 Å². The molecule has 1 amide bonds. The van der Waals surface area contributed by atoms with Crippen LogP contribution in [0.25, 0.3) is 0 Å². The molecule has 0 bridgehead atoms. The van der Waals surface area contributed by atoms with Gasteiger partial charge in [0.2, 0.25) is 5.91 Å². The Morgan fingerprint density at radius 2 is 1.84 bits per heavy atom. The summed E-state index contributed by atoms with van der Waals surface area (Å²) >= 11 is 0. The number of carbonyl (C=O) groups is 1. The number of nitrogens with one attached hydrogen (secondary N) is 2. The number of hydrogen-bond acceptors (Lipinski definition) is 4. The van der Waals surface area contributed by atoms with Gasteiger partial charge >= 0.3 is 0 Å². The van der Waals surface area contributed by atoms with Crippen LogP contribution in [0.2, 0.25) is 0 Å². The molecule has 2 saturated heterocycles. The standard InChI is InChI=1S/C24H40N6O.HI/c1-26-24(27-13-5-6-14-29-16-11-21(12-17-29)23(25)31)28-18-22-10-7-15-30(22)19-20-8-3-2-4-9-20;/h2-4,8-9,21-22H,5-7,10-19H2,1H3,(H2,25,31)(H2,26,27,28);1H. The van der Waals surface area contributed by atoms with Crippen molar-refractivity contribution < 1.29 is 4.79 Å². The summed E-state index contributed by atoms with van der Waals surface area (Å²) in [4.78, 5) is 20.7. The van der Waals surface area contributed by atoms with Crippen LogP contribution in [0, 0.1) is 5.92 Å². The highest BCUT2D eigenvalue weighted by Crippen LogP contribution is 2.19. The summed E-state index contributed by atoms with van der Waals surface area (Å²) in [6.45, 7) is 7.13. The minimum atomic E-state index is -0.136. The number of carbonyl (C=O) groups excluding carboxylic acids is 1. The lowest BCUT2D eigenvalue weighted by Gasteiger charge is -2.30. The second-order valence-corrected chi connectivity index (χ2v) is 8.86. The molecule has 0 spiro atoms. The van der Waals surface area contributed by atoms with Crippen LogP contribution in [0.1, 0.15) is 44.1 Å². The van der Waals surface area contributed by atoms with Crippen molar-refractivity contribution in [2.75, 3.05) is 46.3 Å². The van der Waals surface area contributed by atoms with Crippen LogP contribution in [0.5, 0.6) is 0 Å². The lowest BCUT2D eigenvalue weighted by atomic mass is 9.96. The molecule has 180 valence electrons. The van der Waals surface area contributed by atoms with Gasteiger partial charge < -0.3 is 21.3 Å². The molecule has 8 heteroatoms. The summed E-state index contributed by atoms with van der Waals surface area (Å²) in [7, 11) is 1.84. The first-order valence-corrected chi connectivity index (χ1v) is 11.9. The van der Waals surface area contributed by atoms with Gasteiger partial charge in [-0.15, -0.1) is 24.0 Å². The summed E-state index contributed by atoms with van der Waals surface area (Å²) in [6, 6.07) is 11.3. The number of halogens is 1. The normalized spacial score (nSPS) is 20.7. The molecule has 1 aromatic rings. The first-order valence-electron chi connectivity index (χ1n) is 11.9. The van der Waals surface area contributed by atoms with Gasteiger partial charge in [-0.1, -0.05) is 30.3 Å². The lowest BCUT2D eigenvalue weighted by Crippen LogP contribution is -2.45. The first-order chi connectivity index (χ1) is 15.2. The average molecular weight is 557 g/mol. The SMILES string of the molecule is CN=C(NCCCCN1CCC(C(N)=O)CC1)NCC1CCCN1Cc1ccccc1.I. The Kier molecular flexibility index (Phi) is 12.3. The van der Waals surface area contributed by atoms with E-state index in [-0.39, 0.29) is 35.8 Å². The van der Waals surface area contributed by atoms with Gasteiger partial charge in [-0.2, -0.15) is 0 Å². The third-order valence-corrected chi connectivity index (χ3v) is 6.64. The van der Waals surface area contributed by atoms with Crippen molar-refractivity contribution in [1.82, 2.24) is 20.4 Å². The number of amides is 1. The summed E-state index contributed by atoms with van der Waals surface area (Å²) < 4.78 is 0. The quantitative estimate of drug-likeness (QED) is 0.179. The van der Waals surface area contributed by atoms with E-state index in [9.17, 15) is 4.79 Å². The van der Waals surface area contributed by atoms with Gasteiger partial charge in [-0.25, -0.2) is 0 Å². The van der Waals surface area contributed by atoms with Crippen molar-refractivity contribution in [2.24, 2.45) is 16.6 Å². The van der Waals surface area contributed by atoms with Crippen LogP contribution >= 0.6 is 24.0 Å². The zero-order valence-electron chi connectivity index (χ0n) is 19.5. The molecule has 1 unspecified atom stereocenters. The summed E-state index contributed by atoms with van der Waals surface area (Å²) in [5.74, 6) is 0.841. The Hall–Kier alpha value is -1.39. The molecule has 32 heavy (non-hydrogen) atoms. The number of rotatable bonds is 10. The number of nitrogens with two attached hydrogens (primary N) is 1. The maximum Gasteiger partial charge on any atom is 0.220 e. The predicted octanol–water partition coefficient (Wildman–Crippen LogP) is 2.41. The van der Waals surface area contributed by atoms with Crippen LogP contribution < -0.4 is 16.4 Å². The monoisotopic (exact) mass is 556 g/mol. The zero-order valence-corrected chi connectivity index (χ0v) is 21.8. The van der Waals surface area contributed by atoms with Crippen LogP contribution in [0.15, 0.2) is 35.3 Å². The number of hydrogen-bond donors (Lipinski definition) is 3. The van der Waals surface area contributed by atoms with E-state index in [2.05, 4.69) is 55.8 Å². The number of primary amides is 1. The van der Waals surface area contributed by atoms with Gasteiger partial charge in [0.15, 0.2) is 5.96 Å². The van der Waals surface area contributed by atoms with E-state index >= 15 is 0 Å². The summed E-state index contributed by atoms with van der Waals surface area (Å²) in [5.41, 5.74) is 6.80. The molecule has 2 aliphatic heterocycles. The molecule has 0 radical (unpaired) electrons. The van der Waals surface area contributed by atoms with Crippen molar-refractivity contribution in [3.63, 3.8) is 0 Å². The van der Waals surface area contributed by atoms with E-state index in [0.29, 0.717) is 6.04 Å². The molecule has 2 aliphatic rings. The minimum Gasteiger partial charge on any atom is -0.369 e. The molecule has 3 rings (SSSR count). The van der Waals surface area contributed by atoms with Crippen LogP contribution in [-0.4, -0.2) is 74.0 Å². The Balaban J connectivity index is 0.00000363. The second-order valence-electron chi connectivity index (χ2n) is 8.86. The minimum absolute atomic E-state index is 0. The van der Waals surface area contributed by atoms with E-state index < -0.39 is 0 Å². The van der Waals surface area contributed by atoms with Gasteiger partial charge in [-0.3, -0.25) is 14.7 Å². The number of guanidine groups is 1. The largest absolute Gasteiger partial charge is 0.369 e. The molecule has 4 N–H and O–H groups in total. The van der Waals surface area contributed by atoms with Gasteiger partial charge in [0.05, 0.1) is 0 Å². The average Bonchev–Trinajstić information content (AvgIpc) is 3.23. The maximum absolute atomic E-state index is 11.3. The summed E-state index contributed by atoms with van der Waals surface area (Å²) in [6.07, 6.45) is 6.59. The Labute approximate surface area is 210 Å². The van der Waals surface area contributed by atoms with Crippen LogP contribution in [0.4, 0.5) is 0 Å². The molecule has 1 atom stereocenters. The van der Waals surface area contributed by atoms with Crippen molar-refractivity contribution in [1.29, 1.82) is 0 Å². The lowest BCUT2D eigenvalue weighted by molar-refractivity contribution is -0.123. The molecule has 7 nitrogen and oxygen atoms in total. The van der Waals surface area contributed by atoms with Crippen molar-refractivity contribution in [2.45, 2.75) is 51.1 Å². The third kappa shape index (κ3) is 8.86. The van der Waals surface area contributed by atoms with E-state index in [0.717, 1.165) is 70.9 Å². The number of likely N-dealkylation sites (tertiary alicyclic amines) is 2. The molecule has 0 saturated carbocycles. The predicted molar refractivity (Wildman–Crippen MR) is 142 cm³/mol. The van der Waals surface area contributed by atoms with E-state index in [1.807, 2.05) is 7.05 Å². The topological polar surface area (TPSA) is 86.0 Å². The Bertz CT molecular complexity index is 693. The van der Waals surface area contributed by atoms with Crippen molar-refractivity contribution >= 4 is 35.8 Å². The molecule has 0 aromatic heterocycles. The maximum atomic E-state index is 11.3. The molecule has 2 fully saturated rings. The van der Waals surface area contributed by atoms with Gasteiger partial charge in [0.25, 0.3) is 0 Å². The number of benzene rings is 1. The smallest absolute Gasteiger partial charge is 0.220 e. The number of unbranched alkanes of at least 4 members (excludes halogenated alkanes) is 1. The fraction of sp³-hybridized carbons (Fsp3) is 0.667. The molecular formula is C24H41IN6O. The Morgan fingerprint density at radius 3 is 2.53 bits per heavy atom. The van der Waals surface area contributed by atoms with E-state index in [4.69, 9.17) is 5.73 Å². The van der Waals surface area contributed by atoms with Gasteiger partial charge in [0.1, 0.15) is 0 Å².